The summed E-state index contributed by atoms with van der Waals surface area (Å²) in [6.45, 7) is 3.02. The Hall–Kier alpha value is -0.770. The van der Waals surface area contributed by atoms with Crippen LogP contribution >= 0.6 is 11.6 Å². The first kappa shape index (κ1) is 14.2. The number of rotatable bonds is 4. The van der Waals surface area contributed by atoms with E-state index in [1.165, 1.54) is 37.9 Å². The molecular weight excluding hydrogens is 272 g/mol. The van der Waals surface area contributed by atoms with Crippen molar-refractivity contribution in [2.45, 2.75) is 25.3 Å². The molecule has 0 bridgehead atoms. The van der Waals surface area contributed by atoms with Crippen molar-refractivity contribution < 1.29 is 4.74 Å². The Morgan fingerprint density at radius 3 is 2.60 bits per heavy atom. The molecule has 3 unspecified atom stereocenters. The minimum Gasteiger partial charge on any atom is -0.495 e. The highest BCUT2D eigenvalue weighted by Crippen LogP contribution is 2.41. The van der Waals surface area contributed by atoms with Crippen molar-refractivity contribution in [3.05, 3.63) is 28.8 Å². The Labute approximate surface area is 126 Å². The molecule has 110 valence electrons. The van der Waals surface area contributed by atoms with E-state index in [0.29, 0.717) is 11.6 Å². The van der Waals surface area contributed by atoms with Crippen LogP contribution in [0.1, 0.15) is 30.9 Å². The molecule has 2 N–H and O–H groups in total. The third-order valence-electron chi connectivity index (χ3n) is 4.98. The Morgan fingerprint density at radius 2 is 2.05 bits per heavy atom. The average molecular weight is 295 g/mol. The third-order valence-corrected chi connectivity index (χ3v) is 5.27. The van der Waals surface area contributed by atoms with Gasteiger partial charge in [0.2, 0.25) is 0 Å². The van der Waals surface area contributed by atoms with E-state index in [4.69, 9.17) is 22.1 Å². The highest BCUT2D eigenvalue weighted by atomic mass is 35.5. The molecule has 0 spiro atoms. The summed E-state index contributed by atoms with van der Waals surface area (Å²) in [6, 6.07) is 6.32. The normalized spacial score (nSPS) is 27.6. The lowest BCUT2D eigenvalue weighted by Crippen LogP contribution is -2.32. The molecule has 0 aromatic heterocycles. The number of nitrogens with zero attached hydrogens (tertiary/aromatic N) is 1. The van der Waals surface area contributed by atoms with Crippen LogP contribution in [0.3, 0.4) is 0 Å². The summed E-state index contributed by atoms with van der Waals surface area (Å²) in [5, 5.41) is 0.669. The average Bonchev–Trinajstić information content (AvgIpc) is 3.01. The van der Waals surface area contributed by atoms with Gasteiger partial charge in [0.1, 0.15) is 5.75 Å². The second-order valence-corrected chi connectivity index (χ2v) is 6.46. The summed E-state index contributed by atoms with van der Waals surface area (Å²) < 4.78 is 5.22. The fourth-order valence-electron chi connectivity index (χ4n) is 3.91. The van der Waals surface area contributed by atoms with E-state index in [1.54, 1.807) is 7.11 Å². The van der Waals surface area contributed by atoms with E-state index in [2.05, 4.69) is 11.0 Å². The zero-order valence-corrected chi connectivity index (χ0v) is 12.8. The van der Waals surface area contributed by atoms with Crippen LogP contribution < -0.4 is 10.5 Å². The first-order chi connectivity index (χ1) is 9.72. The van der Waals surface area contributed by atoms with E-state index < -0.39 is 0 Å². The smallest absolute Gasteiger partial charge is 0.137 e. The minimum atomic E-state index is 0.281. The quantitative estimate of drug-likeness (QED) is 0.927. The lowest BCUT2D eigenvalue weighted by molar-refractivity contribution is 0.231. The second kappa shape index (κ2) is 5.92. The van der Waals surface area contributed by atoms with Crippen LogP contribution in [0, 0.1) is 11.8 Å². The fraction of sp³-hybridized carbons (Fsp3) is 0.625. The number of nitrogens with two attached hydrogens (primary N) is 1. The third kappa shape index (κ3) is 2.54. The van der Waals surface area contributed by atoms with E-state index in [9.17, 15) is 0 Å². The number of ether oxygens (including phenoxy) is 1. The largest absolute Gasteiger partial charge is 0.495 e. The van der Waals surface area contributed by atoms with Crippen molar-refractivity contribution in [3.8, 4) is 5.75 Å². The maximum atomic E-state index is 6.25. The topological polar surface area (TPSA) is 38.5 Å². The predicted octanol–water partition coefficient (Wildman–Crippen LogP) is 3.08. The van der Waals surface area contributed by atoms with Gasteiger partial charge in [-0.1, -0.05) is 24.1 Å². The molecule has 1 saturated carbocycles. The highest BCUT2D eigenvalue weighted by Gasteiger charge is 2.38. The lowest BCUT2D eigenvalue weighted by atomic mass is 10.0. The summed E-state index contributed by atoms with van der Waals surface area (Å²) in [5.41, 5.74) is 7.25. The number of methoxy groups -OCH3 is 1. The van der Waals surface area contributed by atoms with Crippen molar-refractivity contribution in [2.24, 2.45) is 17.6 Å². The first-order valence-electron chi connectivity index (χ1n) is 7.50. The maximum absolute atomic E-state index is 6.25. The number of benzene rings is 1. The molecule has 1 aliphatic heterocycles. The van der Waals surface area contributed by atoms with E-state index >= 15 is 0 Å². The van der Waals surface area contributed by atoms with Gasteiger partial charge in [-0.2, -0.15) is 0 Å². The molecule has 1 saturated heterocycles. The zero-order valence-electron chi connectivity index (χ0n) is 12.0. The van der Waals surface area contributed by atoms with Gasteiger partial charge in [-0.15, -0.1) is 0 Å². The molecule has 2 aliphatic rings. The van der Waals surface area contributed by atoms with Gasteiger partial charge in [0.05, 0.1) is 12.1 Å². The van der Waals surface area contributed by atoms with Gasteiger partial charge >= 0.3 is 0 Å². The Balaban J connectivity index is 1.78. The first-order valence-corrected chi connectivity index (χ1v) is 7.88. The number of fused-ring (bicyclic) bond motifs is 1. The van der Waals surface area contributed by atoms with Gasteiger partial charge in [0, 0.05) is 25.7 Å². The highest BCUT2D eigenvalue weighted by molar-refractivity contribution is 6.32. The fourth-order valence-corrected chi connectivity index (χ4v) is 4.18. The zero-order chi connectivity index (χ0) is 14.1. The van der Waals surface area contributed by atoms with Gasteiger partial charge in [-0.05, 0) is 42.4 Å². The Morgan fingerprint density at radius 1 is 1.35 bits per heavy atom. The van der Waals surface area contributed by atoms with Crippen molar-refractivity contribution in [2.75, 3.05) is 26.7 Å². The van der Waals surface area contributed by atoms with Crippen molar-refractivity contribution in [3.63, 3.8) is 0 Å². The molecule has 1 aromatic rings. The Bertz CT molecular complexity index is 468. The van der Waals surface area contributed by atoms with Crippen molar-refractivity contribution in [1.29, 1.82) is 0 Å². The van der Waals surface area contributed by atoms with Gasteiger partial charge in [0.15, 0.2) is 0 Å². The molecule has 3 rings (SSSR count). The molecule has 0 amide bonds. The van der Waals surface area contributed by atoms with Crippen molar-refractivity contribution >= 4 is 11.6 Å². The molecule has 3 atom stereocenters. The monoisotopic (exact) mass is 294 g/mol. The van der Waals surface area contributed by atoms with Gasteiger partial charge in [-0.3, -0.25) is 4.90 Å². The van der Waals surface area contributed by atoms with Crippen molar-refractivity contribution in [1.82, 2.24) is 4.90 Å². The lowest BCUT2D eigenvalue weighted by Gasteiger charge is -2.28. The summed E-state index contributed by atoms with van der Waals surface area (Å²) in [6.07, 6.45) is 4.19. The molecule has 0 radical (unpaired) electrons. The molecule has 1 heterocycles. The van der Waals surface area contributed by atoms with Crippen LogP contribution in [-0.4, -0.2) is 31.6 Å². The molecule has 20 heavy (non-hydrogen) atoms. The van der Waals surface area contributed by atoms with Crippen LogP contribution in [0.25, 0.3) is 0 Å². The maximum Gasteiger partial charge on any atom is 0.137 e. The molecule has 1 aromatic carbocycles. The van der Waals surface area contributed by atoms with Crippen LogP contribution in [0.2, 0.25) is 5.02 Å². The number of likely N-dealkylation sites (tertiary alicyclic amines) is 1. The standard InChI is InChI=1S/C16H23ClN2O/c1-20-16-6-5-11(7-14(16)17)15(8-18)19-9-12-3-2-4-13(12)10-19/h5-7,12-13,15H,2-4,8-10,18H2,1H3. The number of hydrogen-bond donors (Lipinski definition) is 1. The molecule has 1 aliphatic carbocycles. The minimum absolute atomic E-state index is 0.281. The molecule has 2 fully saturated rings. The number of halogens is 1. The summed E-state index contributed by atoms with van der Waals surface area (Å²) in [7, 11) is 1.64. The van der Waals surface area contributed by atoms with Crippen LogP contribution in [0.15, 0.2) is 18.2 Å². The molecular formula is C16H23ClN2O. The van der Waals surface area contributed by atoms with Crippen LogP contribution in [0.5, 0.6) is 5.75 Å². The van der Waals surface area contributed by atoms with Gasteiger partial charge < -0.3 is 10.5 Å². The van der Waals surface area contributed by atoms with Crippen LogP contribution in [-0.2, 0) is 0 Å². The second-order valence-electron chi connectivity index (χ2n) is 6.05. The number of hydrogen-bond acceptors (Lipinski definition) is 3. The van der Waals surface area contributed by atoms with E-state index in [0.717, 1.165) is 17.6 Å². The summed E-state index contributed by atoms with van der Waals surface area (Å²) >= 11 is 6.25. The van der Waals surface area contributed by atoms with Crippen LogP contribution in [0.4, 0.5) is 0 Å². The molecule has 3 nitrogen and oxygen atoms in total. The van der Waals surface area contributed by atoms with E-state index in [1.807, 2.05) is 12.1 Å². The molecule has 4 heteroatoms. The van der Waals surface area contributed by atoms with Gasteiger partial charge in [-0.25, -0.2) is 0 Å². The summed E-state index contributed by atoms with van der Waals surface area (Å²) in [4.78, 5) is 2.55. The Kier molecular flexibility index (Phi) is 4.20. The SMILES string of the molecule is COc1ccc(C(CN)N2CC3CCCC3C2)cc1Cl. The van der Waals surface area contributed by atoms with E-state index in [-0.39, 0.29) is 6.04 Å². The van der Waals surface area contributed by atoms with Gasteiger partial charge in [0.25, 0.3) is 0 Å². The predicted molar refractivity (Wildman–Crippen MR) is 82.2 cm³/mol. The summed E-state index contributed by atoms with van der Waals surface area (Å²) in [5.74, 6) is 2.50.